The second kappa shape index (κ2) is 25.1. The van der Waals surface area contributed by atoms with E-state index in [0.29, 0.717) is 6.41 Å². The molecule has 0 aliphatic heterocycles. The number of rotatable bonds is 25. The third kappa shape index (κ3) is 21.5. The van der Waals surface area contributed by atoms with Crippen molar-refractivity contribution in [2.24, 2.45) is 22.9 Å². The minimum Gasteiger partial charge on any atom is -0.378 e. The Kier molecular flexibility index (Phi) is 23.1. The maximum Gasteiger partial charge on any atom is 0.352 e. The summed E-state index contributed by atoms with van der Waals surface area (Å²) < 4.78 is 22.7. The molecule has 0 atom stereocenters. The first-order valence-electron chi connectivity index (χ1n) is 11.2. The first-order chi connectivity index (χ1) is 18.9. The molecule has 0 aromatic carbocycles. The van der Waals surface area contributed by atoms with Gasteiger partial charge in [-0.15, -0.1) is 0 Å². The van der Waals surface area contributed by atoms with Crippen LogP contribution in [0.3, 0.4) is 0 Å². The van der Waals surface area contributed by atoms with Gasteiger partial charge in [-0.25, -0.2) is 53.8 Å². The van der Waals surface area contributed by atoms with Crippen LogP contribution >= 0.6 is 0 Å². The van der Waals surface area contributed by atoms with Crippen LogP contribution in [0.5, 0.6) is 0 Å². The molecule has 0 radical (unpaired) electrons. The third-order valence-corrected chi connectivity index (χ3v) is 3.97. The Morgan fingerprint density at radius 3 is 1.13 bits per heavy atom. The van der Waals surface area contributed by atoms with Gasteiger partial charge in [-0.3, -0.25) is 40.4 Å². The fourth-order valence-corrected chi connectivity index (χ4v) is 2.34. The molecular formula is C17H38N10O12. The summed E-state index contributed by atoms with van der Waals surface area (Å²) in [5, 5.41) is 0. The Balaban J connectivity index is 4.97. The lowest BCUT2D eigenvalue weighted by atomic mass is 9.92. The van der Waals surface area contributed by atoms with Crippen LogP contribution in [0.25, 0.3) is 0 Å². The lowest BCUT2D eigenvalue weighted by Gasteiger charge is -2.33. The van der Waals surface area contributed by atoms with Crippen molar-refractivity contribution in [1.29, 1.82) is 0 Å². The Morgan fingerprint density at radius 2 is 0.846 bits per heavy atom. The van der Waals surface area contributed by atoms with Gasteiger partial charge in [0, 0.05) is 0 Å². The standard InChI is InChI=1S/C17H38N10O12/c18-22-14(29)25-37-6-2-33-10-17(9-32-1-5-36-21-13-28,11-34-3-7-38-26-15(30)23-19)12-35-4-8-39-27-16(31)24-20/h13H,1-12,18-20H2,(H,21,28)(H2,22,25,29)(H2,23,26,30)(H2,24,27,31). The van der Waals surface area contributed by atoms with Crippen molar-refractivity contribution >= 4 is 24.5 Å². The van der Waals surface area contributed by atoms with Gasteiger partial charge in [0.1, 0.15) is 0 Å². The molecule has 22 heteroatoms. The molecule has 22 nitrogen and oxygen atoms in total. The van der Waals surface area contributed by atoms with E-state index in [1.54, 1.807) is 0 Å². The van der Waals surface area contributed by atoms with E-state index in [-0.39, 0.29) is 79.3 Å². The fourth-order valence-electron chi connectivity index (χ4n) is 2.34. The zero-order valence-corrected chi connectivity index (χ0v) is 21.2. The summed E-state index contributed by atoms with van der Waals surface area (Å²) in [5.41, 5.74) is 12.7. The van der Waals surface area contributed by atoms with E-state index < -0.39 is 23.5 Å². The highest BCUT2D eigenvalue weighted by Crippen LogP contribution is 2.21. The molecule has 0 spiro atoms. The number of nitrogens with two attached hydrogens (primary N) is 3. The number of urea groups is 3. The van der Waals surface area contributed by atoms with E-state index in [0.717, 1.165) is 0 Å². The molecule has 0 heterocycles. The SMILES string of the molecule is NNC(=O)NOCCOCC(COCCONC=O)(COCCONC(=O)NN)COCCONC(=O)NN. The van der Waals surface area contributed by atoms with Crippen LogP contribution in [0.2, 0.25) is 0 Å². The van der Waals surface area contributed by atoms with E-state index >= 15 is 0 Å². The van der Waals surface area contributed by atoms with Crippen LogP contribution in [-0.2, 0) is 43.1 Å². The van der Waals surface area contributed by atoms with Gasteiger partial charge in [-0.2, -0.15) is 0 Å². The van der Waals surface area contributed by atoms with Gasteiger partial charge < -0.3 is 18.9 Å². The van der Waals surface area contributed by atoms with E-state index in [2.05, 4.69) is 0 Å². The summed E-state index contributed by atoms with van der Waals surface area (Å²) >= 11 is 0. The summed E-state index contributed by atoms with van der Waals surface area (Å²) in [4.78, 5) is 62.9. The number of hydrazine groups is 3. The molecular weight excluding hydrogens is 536 g/mol. The second-order valence-corrected chi connectivity index (χ2v) is 7.07. The van der Waals surface area contributed by atoms with Crippen molar-refractivity contribution < 1.29 is 57.5 Å². The number of amides is 7. The largest absolute Gasteiger partial charge is 0.378 e. The molecule has 0 aliphatic rings. The summed E-state index contributed by atoms with van der Waals surface area (Å²) in [6, 6.07) is -2.23. The molecule has 0 saturated heterocycles. The van der Waals surface area contributed by atoms with Crippen LogP contribution in [0.4, 0.5) is 14.4 Å². The van der Waals surface area contributed by atoms with Gasteiger partial charge in [-0.05, 0) is 0 Å². The van der Waals surface area contributed by atoms with Gasteiger partial charge in [0.05, 0.1) is 84.7 Å². The Labute approximate surface area is 223 Å². The summed E-state index contributed by atoms with van der Waals surface area (Å²) in [6.45, 7) is 0.467. The molecule has 0 rings (SSSR count). The molecule has 0 aliphatic carbocycles. The predicted molar refractivity (Wildman–Crippen MR) is 126 cm³/mol. The van der Waals surface area contributed by atoms with Gasteiger partial charge in [0.2, 0.25) is 6.41 Å². The number of carbonyl (C=O) groups is 4. The molecule has 0 aromatic heterocycles. The Morgan fingerprint density at radius 1 is 0.538 bits per heavy atom. The highest BCUT2D eigenvalue weighted by molar-refractivity contribution is 5.72. The van der Waals surface area contributed by atoms with Gasteiger partial charge in [-0.1, -0.05) is 0 Å². The minimum absolute atomic E-state index is 0.0112. The average molecular weight is 575 g/mol. The first-order valence-corrected chi connectivity index (χ1v) is 11.2. The molecule has 0 fully saturated rings. The smallest absolute Gasteiger partial charge is 0.352 e. The van der Waals surface area contributed by atoms with Crippen molar-refractivity contribution in [2.75, 3.05) is 79.3 Å². The second-order valence-electron chi connectivity index (χ2n) is 7.07. The van der Waals surface area contributed by atoms with Crippen molar-refractivity contribution in [1.82, 2.24) is 38.2 Å². The highest BCUT2D eigenvalue weighted by atomic mass is 16.7. The molecule has 0 saturated carbocycles. The maximum atomic E-state index is 11.0. The van der Waals surface area contributed by atoms with E-state index in [9.17, 15) is 19.2 Å². The molecule has 0 bridgehead atoms. The Hall–Kier alpha value is -3.16. The lowest BCUT2D eigenvalue weighted by molar-refractivity contribution is -0.131. The van der Waals surface area contributed by atoms with Crippen LogP contribution < -0.4 is 55.7 Å². The minimum atomic E-state index is -0.899. The molecule has 7 amide bonds. The number of hydrogen-bond acceptors (Lipinski definition) is 15. The highest BCUT2D eigenvalue weighted by Gasteiger charge is 2.32. The topological polar surface area (TPSA) is 304 Å². The van der Waals surface area contributed by atoms with Crippen molar-refractivity contribution in [3.63, 3.8) is 0 Å². The molecule has 0 aromatic rings. The summed E-state index contributed by atoms with van der Waals surface area (Å²) in [7, 11) is 0. The Bertz CT molecular complexity index is 597. The number of hydrogen-bond donors (Lipinski definition) is 10. The summed E-state index contributed by atoms with van der Waals surface area (Å²) in [6.07, 6.45) is 0.371. The zero-order valence-electron chi connectivity index (χ0n) is 21.2. The third-order valence-electron chi connectivity index (χ3n) is 3.97. The zero-order chi connectivity index (χ0) is 29.0. The van der Waals surface area contributed by atoms with Crippen LogP contribution in [0.1, 0.15) is 0 Å². The number of hydroxylamine groups is 4. The predicted octanol–water partition coefficient (Wildman–Crippen LogP) is -4.97. The van der Waals surface area contributed by atoms with Crippen molar-refractivity contribution in [3.05, 3.63) is 0 Å². The molecule has 0 unspecified atom stereocenters. The fraction of sp³-hybridized carbons (Fsp3) is 0.765. The van der Waals surface area contributed by atoms with Gasteiger partial charge in [0.25, 0.3) is 0 Å². The quantitative estimate of drug-likeness (QED) is 0.0160. The molecule has 228 valence electrons. The monoisotopic (exact) mass is 574 g/mol. The van der Waals surface area contributed by atoms with Crippen LogP contribution in [0, 0.1) is 5.41 Å². The van der Waals surface area contributed by atoms with Gasteiger partial charge in [0.15, 0.2) is 0 Å². The number of nitrogens with one attached hydrogen (secondary N) is 7. The molecule has 13 N–H and O–H groups in total. The van der Waals surface area contributed by atoms with Crippen LogP contribution in [0.15, 0.2) is 0 Å². The van der Waals surface area contributed by atoms with Crippen LogP contribution in [-0.4, -0.2) is 104 Å². The van der Waals surface area contributed by atoms with Gasteiger partial charge >= 0.3 is 18.1 Å². The normalized spacial score (nSPS) is 10.8. The first kappa shape index (κ1) is 35.8. The van der Waals surface area contributed by atoms with Crippen molar-refractivity contribution in [3.8, 4) is 0 Å². The lowest BCUT2D eigenvalue weighted by Crippen LogP contribution is -2.44. The number of ether oxygens (including phenoxy) is 4. The molecule has 39 heavy (non-hydrogen) atoms. The maximum absolute atomic E-state index is 11.0. The van der Waals surface area contributed by atoms with E-state index in [1.807, 2.05) is 38.2 Å². The van der Waals surface area contributed by atoms with Crippen molar-refractivity contribution in [2.45, 2.75) is 0 Å². The van der Waals surface area contributed by atoms with E-state index in [1.165, 1.54) is 0 Å². The number of carbonyl (C=O) groups excluding carboxylic acids is 4. The summed E-state index contributed by atoms with van der Waals surface area (Å²) in [5.74, 6) is 14.8. The van der Waals surface area contributed by atoms with E-state index in [4.69, 9.17) is 55.8 Å². The average Bonchev–Trinajstić information content (AvgIpc) is 2.95.